The van der Waals surface area contributed by atoms with Crippen LogP contribution < -0.4 is 20.9 Å². The van der Waals surface area contributed by atoms with Crippen LogP contribution in [0.25, 0.3) is 11.0 Å². The molecule has 6 rings (SSSR count). The summed E-state index contributed by atoms with van der Waals surface area (Å²) < 4.78 is 18.2. The van der Waals surface area contributed by atoms with Crippen molar-refractivity contribution < 1.29 is 59.2 Å². The number of piperidine rings is 1. The zero-order chi connectivity index (χ0) is 44.1. The number of benzene rings is 1. The SMILES string of the molecule is CC(=O)NC1C(O)OC(CO)C(O)C1OC1OC(C(=O)NCCc2ccc(NC(=S)n3ccc4c(N(C)[C@H]5CN(C(=O)CC#N)CC[C@H]5C)ncnc43)cc2)C(O)C(O)C1O. The first-order valence-corrected chi connectivity index (χ1v) is 20.2. The second-order valence-electron chi connectivity index (χ2n) is 15.4. The molecule has 61 heavy (non-hydrogen) atoms. The van der Waals surface area contributed by atoms with Gasteiger partial charge in [0.15, 0.2) is 29.4 Å². The Morgan fingerprint density at radius 1 is 1.05 bits per heavy atom. The number of nitrogens with one attached hydrogen (secondary N) is 3. The predicted molar refractivity (Wildman–Crippen MR) is 218 cm³/mol. The lowest BCUT2D eigenvalue weighted by molar-refractivity contribution is -0.335. The normalized spacial score (nSPS) is 30.3. The molecule has 3 aliphatic heterocycles. The van der Waals surface area contributed by atoms with Crippen molar-refractivity contribution in [3.63, 3.8) is 0 Å². The molecule has 0 aliphatic carbocycles. The number of aromatic nitrogens is 3. The van der Waals surface area contributed by atoms with E-state index in [1.54, 1.807) is 27.8 Å². The number of ether oxygens (including phenoxy) is 3. The number of aliphatic hydroxyl groups is 6. The third-order valence-corrected chi connectivity index (χ3v) is 11.6. The Morgan fingerprint density at radius 3 is 2.48 bits per heavy atom. The fraction of sp³-hybridized carbons (Fsp3) is 0.564. The Hall–Kier alpha value is -4.93. The maximum absolute atomic E-state index is 13.2. The van der Waals surface area contributed by atoms with Gasteiger partial charge in [-0.05, 0) is 54.7 Å². The zero-order valence-electron chi connectivity index (χ0n) is 33.6. The summed E-state index contributed by atoms with van der Waals surface area (Å²) in [7, 11) is 1.94. The van der Waals surface area contributed by atoms with E-state index in [0.29, 0.717) is 41.8 Å². The van der Waals surface area contributed by atoms with Crippen molar-refractivity contribution in [1.82, 2.24) is 30.1 Å². The van der Waals surface area contributed by atoms with Gasteiger partial charge in [0.05, 0.1) is 24.1 Å². The molecule has 0 bridgehead atoms. The number of amides is 3. The minimum atomic E-state index is -1.93. The molecule has 0 saturated carbocycles. The second kappa shape index (κ2) is 19.8. The van der Waals surface area contributed by atoms with E-state index in [1.807, 2.05) is 31.3 Å². The second-order valence-corrected chi connectivity index (χ2v) is 15.8. The highest BCUT2D eigenvalue weighted by Crippen LogP contribution is 2.31. The molecule has 3 amide bonds. The minimum Gasteiger partial charge on any atom is -0.394 e. The Morgan fingerprint density at radius 2 is 1.79 bits per heavy atom. The van der Waals surface area contributed by atoms with Crippen LogP contribution in [0.3, 0.4) is 0 Å². The molecule has 0 spiro atoms. The van der Waals surface area contributed by atoms with Crippen LogP contribution >= 0.6 is 12.2 Å². The van der Waals surface area contributed by atoms with Crippen LogP contribution in [-0.2, 0) is 35.0 Å². The summed E-state index contributed by atoms with van der Waals surface area (Å²) >= 11 is 5.75. The van der Waals surface area contributed by atoms with Gasteiger partial charge in [-0.2, -0.15) is 5.26 Å². The van der Waals surface area contributed by atoms with Gasteiger partial charge in [0.1, 0.15) is 61.2 Å². The number of fused-ring (bicyclic) bond motifs is 1. The highest BCUT2D eigenvalue weighted by Gasteiger charge is 2.52. The quantitative estimate of drug-likeness (QED) is 0.0864. The lowest BCUT2D eigenvalue weighted by Gasteiger charge is -2.46. The summed E-state index contributed by atoms with van der Waals surface area (Å²) in [6, 6.07) is 9.65. The predicted octanol–water partition coefficient (Wildman–Crippen LogP) is -2.31. The highest BCUT2D eigenvalue weighted by atomic mass is 32.1. The van der Waals surface area contributed by atoms with Gasteiger partial charge in [-0.3, -0.25) is 19.0 Å². The van der Waals surface area contributed by atoms with Gasteiger partial charge in [-0.25, -0.2) is 9.97 Å². The molecule has 3 saturated heterocycles. The van der Waals surface area contributed by atoms with Crippen molar-refractivity contribution in [2.75, 3.05) is 43.5 Å². The van der Waals surface area contributed by atoms with Crippen molar-refractivity contribution in [2.24, 2.45) is 5.92 Å². The monoisotopic (exact) mass is 869 g/mol. The smallest absolute Gasteiger partial charge is 0.252 e. The zero-order valence-corrected chi connectivity index (χ0v) is 34.5. The number of aliphatic hydroxyl groups excluding tert-OH is 6. The van der Waals surface area contributed by atoms with Crippen molar-refractivity contribution in [3.05, 3.63) is 48.4 Å². The molecule has 330 valence electrons. The number of nitrogens with zero attached hydrogens (tertiary/aromatic N) is 6. The molecule has 22 heteroatoms. The maximum atomic E-state index is 13.2. The molecule has 12 atom stereocenters. The molecule has 3 aliphatic rings. The average Bonchev–Trinajstić information content (AvgIpc) is 3.68. The summed E-state index contributed by atoms with van der Waals surface area (Å²) in [5.74, 6) is -0.697. The average molecular weight is 870 g/mol. The maximum Gasteiger partial charge on any atom is 0.252 e. The number of anilines is 2. The van der Waals surface area contributed by atoms with E-state index in [0.717, 1.165) is 24.3 Å². The van der Waals surface area contributed by atoms with E-state index in [-0.39, 0.29) is 30.8 Å². The summed E-state index contributed by atoms with van der Waals surface area (Å²) in [5.41, 5.74) is 2.08. The van der Waals surface area contributed by atoms with Crippen molar-refractivity contribution in [3.8, 4) is 6.07 Å². The topological polar surface area (TPSA) is 297 Å². The first-order chi connectivity index (χ1) is 29.1. The van der Waals surface area contributed by atoms with Gasteiger partial charge < -0.3 is 70.6 Å². The lowest BCUT2D eigenvalue weighted by Crippen LogP contribution is -2.68. The van der Waals surface area contributed by atoms with Gasteiger partial charge in [0.2, 0.25) is 11.8 Å². The van der Waals surface area contributed by atoms with E-state index in [2.05, 4.69) is 37.7 Å². The van der Waals surface area contributed by atoms with Crippen LogP contribution in [0.5, 0.6) is 0 Å². The third-order valence-electron chi connectivity index (χ3n) is 11.3. The standard InChI is InChI=1S/C39H51N9O12S/c1-19-10-14-47(26(51)8-12-40)16-24(19)46(3)34-23-11-15-48(35(23)43-18-42-34)39(61)45-22-6-4-21(5-7-22)9-13-41-36(56)33-30(54)29(53)31(55)38(60-33)59-32-27(44-20(2)50)37(57)58-25(17-49)28(32)52/h4-7,11,15,18-19,24-25,27-33,37-38,49,52-55,57H,8-10,13-14,16-17H2,1-3H3,(H,41,56)(H,44,50)(H,45,61)/t19-,24+,25?,27?,28?,29?,30?,31?,32?,33?,37?,38?/m1/s1. The van der Waals surface area contributed by atoms with Gasteiger partial charge in [-0.15, -0.1) is 0 Å². The van der Waals surface area contributed by atoms with E-state index in [4.69, 9.17) is 31.7 Å². The summed E-state index contributed by atoms with van der Waals surface area (Å²) in [6.45, 7) is 3.69. The van der Waals surface area contributed by atoms with Crippen LogP contribution in [0, 0.1) is 17.2 Å². The van der Waals surface area contributed by atoms with Gasteiger partial charge in [-0.1, -0.05) is 19.1 Å². The Labute approximate surface area is 355 Å². The van der Waals surface area contributed by atoms with Gasteiger partial charge >= 0.3 is 0 Å². The van der Waals surface area contributed by atoms with E-state index < -0.39 is 79.8 Å². The number of carbonyl (C=O) groups excluding carboxylic acids is 3. The van der Waals surface area contributed by atoms with Crippen LogP contribution in [0.4, 0.5) is 11.5 Å². The fourth-order valence-electron chi connectivity index (χ4n) is 7.83. The van der Waals surface area contributed by atoms with Crippen LogP contribution in [0.1, 0.15) is 32.3 Å². The molecule has 9 N–H and O–H groups in total. The molecule has 3 fully saturated rings. The minimum absolute atomic E-state index is 0.0288. The van der Waals surface area contributed by atoms with Crippen molar-refractivity contribution >= 4 is 57.6 Å². The number of likely N-dealkylation sites (N-methyl/N-ethyl adjacent to an activating group) is 1. The molecule has 21 nitrogen and oxygen atoms in total. The number of carbonyl (C=O) groups is 3. The van der Waals surface area contributed by atoms with Crippen molar-refractivity contribution in [2.45, 2.75) is 101 Å². The van der Waals surface area contributed by atoms with Crippen molar-refractivity contribution in [1.29, 1.82) is 5.26 Å². The summed E-state index contributed by atoms with van der Waals surface area (Å²) in [5, 5.41) is 81.0. The van der Waals surface area contributed by atoms with Crippen LogP contribution in [-0.4, -0.2) is 174 Å². The molecule has 5 heterocycles. The largest absolute Gasteiger partial charge is 0.394 e. The number of hydrogen-bond acceptors (Lipinski definition) is 17. The number of rotatable bonds is 12. The first kappa shape index (κ1) is 45.6. The fourth-order valence-corrected chi connectivity index (χ4v) is 8.10. The summed E-state index contributed by atoms with van der Waals surface area (Å²) in [6.07, 6.45) is -11.3. The van der Waals surface area contributed by atoms with E-state index in [1.165, 1.54) is 6.33 Å². The van der Waals surface area contributed by atoms with E-state index >= 15 is 0 Å². The van der Waals surface area contributed by atoms with Crippen LogP contribution in [0.15, 0.2) is 42.9 Å². The Kier molecular flexibility index (Phi) is 14.8. The van der Waals surface area contributed by atoms with Crippen LogP contribution in [0.2, 0.25) is 0 Å². The van der Waals surface area contributed by atoms with E-state index in [9.17, 15) is 45.0 Å². The van der Waals surface area contributed by atoms with Gasteiger partial charge in [0, 0.05) is 45.5 Å². The molecule has 0 radical (unpaired) electrons. The molecular formula is C39H51N9O12S. The lowest BCUT2D eigenvalue weighted by atomic mass is 9.92. The third kappa shape index (κ3) is 10.1. The first-order valence-electron chi connectivity index (χ1n) is 19.8. The molecule has 1 aromatic carbocycles. The molecule has 3 aromatic rings. The van der Waals surface area contributed by atoms with Gasteiger partial charge in [0.25, 0.3) is 5.91 Å². The molecule has 10 unspecified atom stereocenters. The number of likely N-dealkylation sites (tertiary alicyclic amines) is 1. The highest BCUT2D eigenvalue weighted by molar-refractivity contribution is 7.80. The Bertz CT molecular complexity index is 2090. The number of hydrogen-bond donors (Lipinski definition) is 9. The Balaban J connectivity index is 1.04. The summed E-state index contributed by atoms with van der Waals surface area (Å²) in [4.78, 5) is 50.4. The number of thiocarbonyl (C=S) groups is 1. The molecule has 2 aromatic heterocycles. The number of nitriles is 1. The molecular weight excluding hydrogens is 819 g/mol.